The summed E-state index contributed by atoms with van der Waals surface area (Å²) in [5.41, 5.74) is 0. The van der Waals surface area contributed by atoms with E-state index in [4.69, 9.17) is 15.3 Å². The van der Waals surface area contributed by atoms with Crippen LogP contribution < -0.4 is 4.84 Å². The van der Waals surface area contributed by atoms with Crippen LogP contribution >= 0.6 is 0 Å². The third-order valence-corrected chi connectivity index (χ3v) is 1.23. The fourth-order valence-corrected chi connectivity index (χ4v) is 0.664. The van der Waals surface area contributed by atoms with Crippen LogP contribution in [0, 0.1) is 4.91 Å². The summed E-state index contributed by atoms with van der Waals surface area (Å²) in [6.45, 7) is 0. The molecule has 1 aromatic carbocycles. The Bertz CT molecular complexity index is 311. The van der Waals surface area contributed by atoms with E-state index in [-0.39, 0.29) is 5.75 Å². The first-order valence-corrected chi connectivity index (χ1v) is 2.90. The van der Waals surface area contributed by atoms with Crippen LogP contribution in [0.15, 0.2) is 17.5 Å². The van der Waals surface area contributed by atoms with Crippen molar-refractivity contribution in [3.05, 3.63) is 17.0 Å². The predicted molar refractivity (Wildman–Crippen MR) is 37.9 cm³/mol. The van der Waals surface area contributed by atoms with Crippen LogP contribution in [-0.2, 0) is 0 Å². The lowest BCUT2D eigenvalue weighted by atomic mass is 10.3. The minimum absolute atomic E-state index is 0.319. The molecule has 12 heavy (non-hydrogen) atoms. The van der Waals surface area contributed by atoms with E-state index in [1.807, 2.05) is 5.34 Å². The molecule has 6 heteroatoms. The van der Waals surface area contributed by atoms with Gasteiger partial charge >= 0.3 is 0 Å². The van der Waals surface area contributed by atoms with Crippen molar-refractivity contribution in [1.82, 2.24) is 0 Å². The second-order valence-corrected chi connectivity index (χ2v) is 1.95. The average Bonchev–Trinajstić information content (AvgIpc) is 2.07. The Balaban J connectivity index is 3.16. The van der Waals surface area contributed by atoms with Gasteiger partial charge in [0.05, 0.1) is 0 Å². The molecule has 0 aromatic heterocycles. The molecule has 0 atom stereocenters. The normalized spacial score (nSPS) is 9.33. The lowest BCUT2D eigenvalue weighted by molar-refractivity contribution is 0.299. The highest BCUT2D eigenvalue weighted by molar-refractivity contribution is 5.56. The molecular formula is C6H5NO5. The number of phenols is 3. The van der Waals surface area contributed by atoms with Gasteiger partial charge < -0.3 is 20.2 Å². The summed E-state index contributed by atoms with van der Waals surface area (Å²) in [4.78, 5) is 13.6. The zero-order chi connectivity index (χ0) is 9.14. The highest BCUT2D eigenvalue weighted by Gasteiger charge is 2.12. The quantitative estimate of drug-likeness (QED) is 0.348. The van der Waals surface area contributed by atoms with Gasteiger partial charge in [-0.25, -0.2) is 0 Å². The van der Waals surface area contributed by atoms with Crippen LogP contribution in [0.3, 0.4) is 0 Å². The maximum Gasteiger partial charge on any atom is 0.208 e. The summed E-state index contributed by atoms with van der Waals surface area (Å²) in [5.74, 6) is -2.31. The molecule has 0 aliphatic rings. The van der Waals surface area contributed by atoms with Crippen molar-refractivity contribution in [1.29, 1.82) is 0 Å². The average molecular weight is 171 g/mol. The maximum absolute atomic E-state index is 9.60. The molecule has 0 heterocycles. The number of hydrogen-bond donors (Lipinski definition) is 3. The summed E-state index contributed by atoms with van der Waals surface area (Å²) in [5, 5.41) is 28.7. The van der Waals surface area contributed by atoms with Gasteiger partial charge in [-0.3, -0.25) is 0 Å². The van der Waals surface area contributed by atoms with Crippen molar-refractivity contribution in [2.45, 2.75) is 0 Å². The molecule has 6 nitrogen and oxygen atoms in total. The Labute approximate surface area is 66.6 Å². The number of benzene rings is 1. The van der Waals surface area contributed by atoms with Crippen molar-refractivity contribution in [2.75, 3.05) is 0 Å². The number of aromatic hydroxyl groups is 3. The summed E-state index contributed by atoms with van der Waals surface area (Å²) in [7, 11) is 0. The van der Waals surface area contributed by atoms with Gasteiger partial charge in [0.15, 0.2) is 11.1 Å². The highest BCUT2D eigenvalue weighted by atomic mass is 16.7. The number of phenolic OH excluding ortho intramolecular Hbond substituents is 3. The second kappa shape index (κ2) is 2.95. The highest BCUT2D eigenvalue weighted by Crippen LogP contribution is 2.41. The Morgan fingerprint density at radius 1 is 1.17 bits per heavy atom. The molecule has 0 aliphatic heterocycles. The van der Waals surface area contributed by atoms with Crippen LogP contribution in [0.1, 0.15) is 0 Å². The van der Waals surface area contributed by atoms with E-state index in [0.717, 1.165) is 12.1 Å². The van der Waals surface area contributed by atoms with Crippen LogP contribution in [-0.4, -0.2) is 15.3 Å². The monoisotopic (exact) mass is 171 g/mol. The number of hydrogen-bond acceptors (Lipinski definition) is 6. The Kier molecular flexibility index (Phi) is 2.00. The van der Waals surface area contributed by atoms with Gasteiger partial charge in [0.1, 0.15) is 0 Å². The lowest BCUT2D eigenvalue weighted by Gasteiger charge is -2.02. The van der Waals surface area contributed by atoms with Crippen molar-refractivity contribution in [3.8, 4) is 23.0 Å². The molecular weight excluding hydrogens is 166 g/mol. The van der Waals surface area contributed by atoms with E-state index < -0.39 is 17.2 Å². The smallest absolute Gasteiger partial charge is 0.208 e. The summed E-state index contributed by atoms with van der Waals surface area (Å²) < 4.78 is 0. The van der Waals surface area contributed by atoms with Crippen molar-refractivity contribution in [3.63, 3.8) is 0 Å². The van der Waals surface area contributed by atoms with E-state index in [1.165, 1.54) is 0 Å². The van der Waals surface area contributed by atoms with Gasteiger partial charge in [-0.05, 0) is 12.1 Å². The topological polar surface area (TPSA) is 99.4 Å². The summed E-state index contributed by atoms with van der Waals surface area (Å²) >= 11 is 0. The van der Waals surface area contributed by atoms with E-state index in [2.05, 4.69) is 4.84 Å². The van der Waals surface area contributed by atoms with Gasteiger partial charge in [-0.15, -0.1) is 4.91 Å². The Morgan fingerprint density at radius 3 is 2.42 bits per heavy atom. The number of rotatable bonds is 2. The number of nitrogens with zero attached hydrogens (tertiary/aromatic N) is 1. The van der Waals surface area contributed by atoms with Crippen LogP contribution in [0.4, 0.5) is 0 Å². The third kappa shape index (κ3) is 1.22. The largest absolute Gasteiger partial charge is 0.504 e. The van der Waals surface area contributed by atoms with E-state index in [0.29, 0.717) is 0 Å². The minimum atomic E-state index is -0.754. The zero-order valence-electron chi connectivity index (χ0n) is 5.76. The molecule has 0 radical (unpaired) electrons. The van der Waals surface area contributed by atoms with Crippen molar-refractivity contribution < 1.29 is 20.2 Å². The van der Waals surface area contributed by atoms with Gasteiger partial charge in [-0.2, -0.15) is 0 Å². The molecule has 1 rings (SSSR count). The van der Waals surface area contributed by atoms with Gasteiger partial charge in [0, 0.05) is 0 Å². The molecule has 0 saturated carbocycles. The molecule has 0 spiro atoms. The van der Waals surface area contributed by atoms with Crippen molar-refractivity contribution >= 4 is 0 Å². The molecule has 0 amide bonds. The van der Waals surface area contributed by atoms with E-state index in [9.17, 15) is 4.91 Å². The third-order valence-electron chi connectivity index (χ3n) is 1.23. The Morgan fingerprint density at radius 2 is 1.83 bits per heavy atom. The molecule has 0 bridgehead atoms. The standard InChI is InChI=1S/C6H5NO5/c8-3-1-2-4(12-7-11)6(10)5(3)9/h1-2,8-10H. The molecule has 0 unspecified atom stereocenters. The van der Waals surface area contributed by atoms with E-state index >= 15 is 0 Å². The zero-order valence-corrected chi connectivity index (χ0v) is 5.76. The SMILES string of the molecule is O=NOc1ccc(O)c(O)c1O. The predicted octanol–water partition coefficient (Wildman–Crippen LogP) is 0.864. The van der Waals surface area contributed by atoms with Gasteiger partial charge in [-0.1, -0.05) is 0 Å². The van der Waals surface area contributed by atoms with Crippen LogP contribution in [0.2, 0.25) is 0 Å². The molecule has 0 fully saturated rings. The van der Waals surface area contributed by atoms with Crippen LogP contribution in [0.25, 0.3) is 0 Å². The fraction of sp³-hybridized carbons (Fsp3) is 0. The fourth-order valence-electron chi connectivity index (χ4n) is 0.664. The minimum Gasteiger partial charge on any atom is -0.504 e. The Hall–Kier alpha value is -1.98. The maximum atomic E-state index is 9.60. The summed E-state index contributed by atoms with van der Waals surface area (Å²) in [6, 6.07) is 2.14. The first kappa shape index (κ1) is 8.12. The second-order valence-electron chi connectivity index (χ2n) is 1.95. The van der Waals surface area contributed by atoms with Crippen molar-refractivity contribution in [2.24, 2.45) is 5.34 Å². The van der Waals surface area contributed by atoms with E-state index in [1.54, 1.807) is 0 Å². The van der Waals surface area contributed by atoms with Crippen LogP contribution in [0.5, 0.6) is 23.0 Å². The lowest BCUT2D eigenvalue weighted by Crippen LogP contribution is -1.81. The molecule has 0 saturated heterocycles. The summed E-state index contributed by atoms with van der Waals surface area (Å²) in [6.07, 6.45) is 0. The van der Waals surface area contributed by atoms with Gasteiger partial charge in [0.2, 0.25) is 17.2 Å². The molecule has 1 aromatic rings. The molecule has 64 valence electrons. The first-order chi connectivity index (χ1) is 5.66. The molecule has 0 aliphatic carbocycles. The van der Waals surface area contributed by atoms with Gasteiger partial charge in [0.25, 0.3) is 0 Å². The first-order valence-electron chi connectivity index (χ1n) is 2.90. The molecule has 3 N–H and O–H groups in total.